The Morgan fingerprint density at radius 2 is 2.19 bits per heavy atom. The molecule has 1 aliphatic rings. The van der Waals surface area contributed by atoms with E-state index in [0.717, 1.165) is 12.8 Å². The quantitative estimate of drug-likeness (QED) is 0.734. The number of aliphatic hydroxyl groups excluding tert-OH is 1. The van der Waals surface area contributed by atoms with Crippen molar-refractivity contribution in [1.82, 2.24) is 4.90 Å². The highest BCUT2D eigenvalue weighted by Crippen LogP contribution is 2.29. The standard InChI is InChI=1S/C9H15F3N2OS/c10-9(11,12)7(8(13)16)4-14-3-1-2-6(14)5-15/h6-7,15H,1-5H2,(H2,13,16). The number of nitrogens with two attached hydrogens (primary N) is 1. The molecule has 0 radical (unpaired) electrons. The number of likely N-dealkylation sites (tertiary alicyclic amines) is 1. The van der Waals surface area contributed by atoms with Crippen LogP contribution in [0.3, 0.4) is 0 Å². The number of rotatable bonds is 4. The van der Waals surface area contributed by atoms with E-state index in [2.05, 4.69) is 12.2 Å². The zero-order chi connectivity index (χ0) is 12.3. The molecular weight excluding hydrogens is 241 g/mol. The molecular formula is C9H15F3N2OS. The Kier molecular flexibility index (Phi) is 4.52. The van der Waals surface area contributed by atoms with Crippen LogP contribution in [-0.2, 0) is 0 Å². The summed E-state index contributed by atoms with van der Waals surface area (Å²) in [4.78, 5) is 1.08. The fourth-order valence-corrected chi connectivity index (χ4v) is 2.14. The molecule has 2 atom stereocenters. The summed E-state index contributed by atoms with van der Waals surface area (Å²) in [5, 5.41) is 9.00. The molecule has 0 bridgehead atoms. The Hall–Kier alpha value is -0.400. The van der Waals surface area contributed by atoms with Gasteiger partial charge in [0.05, 0.1) is 11.6 Å². The number of hydrogen-bond acceptors (Lipinski definition) is 3. The number of halogens is 3. The molecule has 0 aromatic rings. The topological polar surface area (TPSA) is 49.5 Å². The Labute approximate surface area is 97.4 Å². The lowest BCUT2D eigenvalue weighted by Crippen LogP contribution is -2.45. The molecule has 16 heavy (non-hydrogen) atoms. The molecule has 0 spiro atoms. The first-order valence-corrected chi connectivity index (χ1v) is 5.48. The molecule has 1 fully saturated rings. The maximum atomic E-state index is 12.6. The van der Waals surface area contributed by atoms with E-state index in [1.165, 1.54) is 0 Å². The molecule has 7 heteroatoms. The Bertz CT molecular complexity index is 260. The van der Waals surface area contributed by atoms with Gasteiger partial charge < -0.3 is 10.8 Å². The highest BCUT2D eigenvalue weighted by Gasteiger charge is 2.43. The molecule has 0 saturated carbocycles. The van der Waals surface area contributed by atoms with Crippen molar-refractivity contribution in [1.29, 1.82) is 0 Å². The van der Waals surface area contributed by atoms with Crippen LogP contribution < -0.4 is 5.73 Å². The van der Waals surface area contributed by atoms with Gasteiger partial charge in [0.15, 0.2) is 0 Å². The smallest absolute Gasteiger partial charge is 0.395 e. The van der Waals surface area contributed by atoms with Gasteiger partial charge in [0.2, 0.25) is 0 Å². The molecule has 1 aliphatic heterocycles. The van der Waals surface area contributed by atoms with Gasteiger partial charge in [0.1, 0.15) is 5.92 Å². The van der Waals surface area contributed by atoms with Gasteiger partial charge in [-0.3, -0.25) is 4.90 Å². The molecule has 0 aromatic heterocycles. The largest absolute Gasteiger partial charge is 0.399 e. The molecule has 1 heterocycles. The van der Waals surface area contributed by atoms with Crippen molar-refractivity contribution in [3.8, 4) is 0 Å². The normalized spacial score (nSPS) is 24.6. The maximum Gasteiger partial charge on any atom is 0.399 e. The van der Waals surface area contributed by atoms with E-state index < -0.39 is 17.1 Å². The fraction of sp³-hybridized carbons (Fsp3) is 0.889. The van der Waals surface area contributed by atoms with Crippen LogP contribution in [0, 0.1) is 5.92 Å². The lowest BCUT2D eigenvalue weighted by atomic mass is 10.1. The van der Waals surface area contributed by atoms with Gasteiger partial charge in [-0.1, -0.05) is 12.2 Å². The fourth-order valence-electron chi connectivity index (χ4n) is 1.93. The van der Waals surface area contributed by atoms with Gasteiger partial charge >= 0.3 is 6.18 Å². The molecule has 94 valence electrons. The summed E-state index contributed by atoms with van der Waals surface area (Å²) in [6, 6.07) is -0.195. The van der Waals surface area contributed by atoms with Crippen LogP contribution in [-0.4, -0.2) is 46.9 Å². The van der Waals surface area contributed by atoms with E-state index in [0.29, 0.717) is 6.54 Å². The average Bonchev–Trinajstić information content (AvgIpc) is 2.58. The molecule has 2 unspecified atom stereocenters. The predicted molar refractivity (Wildman–Crippen MR) is 58.0 cm³/mol. The van der Waals surface area contributed by atoms with Gasteiger partial charge in [0.25, 0.3) is 0 Å². The zero-order valence-electron chi connectivity index (χ0n) is 8.70. The van der Waals surface area contributed by atoms with Crippen molar-refractivity contribution in [3.05, 3.63) is 0 Å². The number of nitrogens with zero attached hydrogens (tertiary/aromatic N) is 1. The minimum Gasteiger partial charge on any atom is -0.395 e. The lowest BCUT2D eigenvalue weighted by Gasteiger charge is -2.28. The molecule has 1 saturated heterocycles. The van der Waals surface area contributed by atoms with Crippen LogP contribution in [0.1, 0.15) is 12.8 Å². The van der Waals surface area contributed by atoms with Crippen LogP contribution in [0.4, 0.5) is 13.2 Å². The van der Waals surface area contributed by atoms with Crippen molar-refractivity contribution in [2.75, 3.05) is 19.7 Å². The van der Waals surface area contributed by atoms with Crippen LogP contribution in [0.2, 0.25) is 0 Å². The molecule has 1 rings (SSSR count). The molecule has 0 amide bonds. The SMILES string of the molecule is NC(=S)C(CN1CCCC1CO)C(F)(F)F. The summed E-state index contributed by atoms with van der Waals surface area (Å²) >= 11 is 4.44. The predicted octanol–water partition coefficient (Wildman–Crippen LogP) is 0.908. The Balaban J connectivity index is 2.65. The summed E-state index contributed by atoms with van der Waals surface area (Å²) in [5.41, 5.74) is 5.11. The number of thiocarbonyl (C=S) groups is 1. The molecule has 0 aromatic carbocycles. The third kappa shape index (κ3) is 3.29. The van der Waals surface area contributed by atoms with Gasteiger partial charge in [0, 0.05) is 12.6 Å². The zero-order valence-corrected chi connectivity index (χ0v) is 9.52. The van der Waals surface area contributed by atoms with Gasteiger partial charge in [-0.25, -0.2) is 0 Å². The van der Waals surface area contributed by atoms with Gasteiger partial charge in [-0.2, -0.15) is 13.2 Å². The minimum absolute atomic E-state index is 0.123. The highest BCUT2D eigenvalue weighted by molar-refractivity contribution is 7.80. The number of alkyl halides is 3. The van der Waals surface area contributed by atoms with Crippen LogP contribution in [0.5, 0.6) is 0 Å². The summed E-state index contributed by atoms with van der Waals surface area (Å²) in [7, 11) is 0. The monoisotopic (exact) mass is 256 g/mol. The average molecular weight is 256 g/mol. The van der Waals surface area contributed by atoms with Crippen LogP contribution in [0.15, 0.2) is 0 Å². The van der Waals surface area contributed by atoms with Crippen molar-refractivity contribution in [2.24, 2.45) is 11.7 Å². The first-order chi connectivity index (χ1) is 7.36. The van der Waals surface area contributed by atoms with Gasteiger partial charge in [-0.05, 0) is 19.4 Å². The first-order valence-electron chi connectivity index (χ1n) is 5.07. The van der Waals surface area contributed by atoms with Crippen molar-refractivity contribution < 1.29 is 18.3 Å². The van der Waals surface area contributed by atoms with Crippen molar-refractivity contribution >= 4 is 17.2 Å². The van der Waals surface area contributed by atoms with Crippen molar-refractivity contribution in [3.63, 3.8) is 0 Å². The lowest BCUT2D eigenvalue weighted by molar-refractivity contribution is -0.160. The molecule has 3 N–H and O–H groups in total. The first kappa shape index (κ1) is 13.7. The second kappa shape index (κ2) is 5.29. The van der Waals surface area contributed by atoms with Gasteiger partial charge in [-0.15, -0.1) is 0 Å². The number of hydrogen-bond donors (Lipinski definition) is 2. The maximum absolute atomic E-state index is 12.6. The molecule has 0 aliphatic carbocycles. The second-order valence-corrected chi connectivity index (χ2v) is 4.44. The summed E-state index contributed by atoms with van der Waals surface area (Å²) < 4.78 is 37.8. The van der Waals surface area contributed by atoms with E-state index >= 15 is 0 Å². The van der Waals surface area contributed by atoms with Crippen LogP contribution in [0.25, 0.3) is 0 Å². The summed E-state index contributed by atoms with van der Waals surface area (Å²) in [5.74, 6) is -1.78. The summed E-state index contributed by atoms with van der Waals surface area (Å²) in [6.07, 6.45) is -2.89. The third-order valence-electron chi connectivity index (χ3n) is 2.87. The minimum atomic E-state index is -4.41. The van der Waals surface area contributed by atoms with E-state index in [1.54, 1.807) is 4.90 Å². The number of aliphatic hydroxyl groups is 1. The van der Waals surface area contributed by atoms with E-state index in [9.17, 15) is 13.2 Å². The third-order valence-corrected chi connectivity index (χ3v) is 3.15. The highest BCUT2D eigenvalue weighted by atomic mass is 32.1. The summed E-state index contributed by atoms with van der Waals surface area (Å²) in [6.45, 7) is 0.187. The Morgan fingerprint density at radius 3 is 2.62 bits per heavy atom. The Morgan fingerprint density at radius 1 is 1.56 bits per heavy atom. The van der Waals surface area contributed by atoms with E-state index in [1.807, 2.05) is 0 Å². The van der Waals surface area contributed by atoms with E-state index in [-0.39, 0.29) is 19.2 Å². The van der Waals surface area contributed by atoms with Crippen molar-refractivity contribution in [2.45, 2.75) is 25.1 Å². The second-order valence-electron chi connectivity index (χ2n) is 3.97. The van der Waals surface area contributed by atoms with E-state index in [4.69, 9.17) is 10.8 Å². The molecule has 3 nitrogen and oxygen atoms in total. The van der Waals surface area contributed by atoms with Crippen LogP contribution >= 0.6 is 12.2 Å².